The number of imidazole rings is 1. The van der Waals surface area contributed by atoms with E-state index in [1.165, 1.54) is 30.3 Å². The summed E-state index contributed by atoms with van der Waals surface area (Å²) in [4.78, 5) is 15.8. The number of amides is 1. The first-order valence-electron chi connectivity index (χ1n) is 6.53. The molecule has 4 heteroatoms. The molecule has 0 aromatic carbocycles. The van der Waals surface area contributed by atoms with E-state index in [0.717, 1.165) is 11.8 Å². The van der Waals surface area contributed by atoms with Crippen molar-refractivity contribution in [1.29, 1.82) is 0 Å². The van der Waals surface area contributed by atoms with E-state index in [1.54, 1.807) is 18.7 Å². The van der Waals surface area contributed by atoms with E-state index in [-0.39, 0.29) is 12.1 Å². The summed E-state index contributed by atoms with van der Waals surface area (Å²) in [7, 11) is 0. The van der Waals surface area contributed by atoms with Gasteiger partial charge in [-0.05, 0) is 43.9 Å². The maximum atomic E-state index is 11.9. The third-order valence-electron chi connectivity index (χ3n) is 4.53. The van der Waals surface area contributed by atoms with Gasteiger partial charge in [-0.3, -0.25) is 4.57 Å². The van der Waals surface area contributed by atoms with Crippen LogP contribution in [0.25, 0.3) is 0 Å². The molecule has 2 bridgehead atoms. The smallest absolute Gasteiger partial charge is 0.327 e. The lowest BCUT2D eigenvalue weighted by molar-refractivity contribution is 0.221. The van der Waals surface area contributed by atoms with Crippen LogP contribution in [0.2, 0.25) is 0 Å². The molecule has 1 aromatic rings. The van der Waals surface area contributed by atoms with Crippen molar-refractivity contribution >= 4 is 6.03 Å². The monoisotopic (exact) mass is 233 g/mol. The molecule has 1 amide bonds. The molecule has 4 unspecified atom stereocenters. The molecule has 2 aliphatic rings. The molecule has 4 atom stereocenters. The van der Waals surface area contributed by atoms with Crippen LogP contribution in [0, 0.1) is 17.8 Å². The normalized spacial score (nSPS) is 32.6. The number of hydrogen-bond acceptors (Lipinski definition) is 2. The van der Waals surface area contributed by atoms with Crippen molar-refractivity contribution in [3.05, 3.63) is 18.7 Å². The van der Waals surface area contributed by atoms with Crippen LogP contribution in [0.4, 0.5) is 4.79 Å². The minimum absolute atomic E-state index is 0.0576. The average Bonchev–Trinajstić information content (AvgIpc) is 3.05. The Morgan fingerprint density at radius 3 is 2.94 bits per heavy atom. The zero-order valence-corrected chi connectivity index (χ0v) is 10.2. The minimum Gasteiger partial charge on any atom is -0.335 e. The lowest BCUT2D eigenvalue weighted by atomic mass is 9.84. The Hall–Kier alpha value is -1.32. The number of carbonyl (C=O) groups is 1. The van der Waals surface area contributed by atoms with E-state index >= 15 is 0 Å². The largest absolute Gasteiger partial charge is 0.335 e. The highest BCUT2D eigenvalue weighted by Gasteiger charge is 2.42. The highest BCUT2D eigenvalue weighted by atomic mass is 16.2. The van der Waals surface area contributed by atoms with Gasteiger partial charge in [0.1, 0.15) is 6.33 Å². The summed E-state index contributed by atoms with van der Waals surface area (Å²) < 4.78 is 1.50. The molecule has 3 rings (SSSR count). The minimum atomic E-state index is -0.0576. The van der Waals surface area contributed by atoms with E-state index < -0.39 is 0 Å². The van der Waals surface area contributed by atoms with Crippen LogP contribution in [0.1, 0.15) is 32.6 Å². The quantitative estimate of drug-likeness (QED) is 0.851. The Morgan fingerprint density at radius 2 is 2.35 bits per heavy atom. The van der Waals surface area contributed by atoms with Gasteiger partial charge >= 0.3 is 6.03 Å². The molecule has 0 aliphatic heterocycles. The van der Waals surface area contributed by atoms with Gasteiger partial charge in [-0.2, -0.15) is 0 Å². The molecule has 92 valence electrons. The summed E-state index contributed by atoms with van der Waals surface area (Å²) >= 11 is 0. The second-order valence-electron chi connectivity index (χ2n) is 5.55. The van der Waals surface area contributed by atoms with Crippen LogP contribution in [-0.4, -0.2) is 21.6 Å². The molecular weight excluding hydrogens is 214 g/mol. The van der Waals surface area contributed by atoms with Crippen LogP contribution in [0.15, 0.2) is 18.7 Å². The molecule has 1 heterocycles. The molecule has 1 N–H and O–H groups in total. The summed E-state index contributed by atoms with van der Waals surface area (Å²) in [6.45, 7) is 2.14. The van der Waals surface area contributed by atoms with Crippen molar-refractivity contribution in [3.8, 4) is 0 Å². The van der Waals surface area contributed by atoms with E-state index in [2.05, 4.69) is 17.2 Å². The molecule has 2 saturated carbocycles. The Labute approximate surface area is 101 Å². The van der Waals surface area contributed by atoms with Crippen molar-refractivity contribution < 1.29 is 4.79 Å². The topological polar surface area (TPSA) is 46.9 Å². The molecule has 4 nitrogen and oxygen atoms in total. The number of nitrogens with zero attached hydrogens (tertiary/aromatic N) is 2. The van der Waals surface area contributed by atoms with Gasteiger partial charge < -0.3 is 5.32 Å². The van der Waals surface area contributed by atoms with Crippen molar-refractivity contribution in [3.63, 3.8) is 0 Å². The Balaban J connectivity index is 1.60. The first-order chi connectivity index (χ1) is 8.24. The Bertz CT molecular complexity index is 401. The van der Waals surface area contributed by atoms with Crippen molar-refractivity contribution in [1.82, 2.24) is 14.9 Å². The van der Waals surface area contributed by atoms with E-state index in [0.29, 0.717) is 5.92 Å². The highest BCUT2D eigenvalue weighted by Crippen LogP contribution is 2.49. The van der Waals surface area contributed by atoms with Crippen molar-refractivity contribution in [2.24, 2.45) is 17.8 Å². The zero-order chi connectivity index (χ0) is 11.8. The van der Waals surface area contributed by atoms with Gasteiger partial charge in [-0.25, -0.2) is 9.78 Å². The number of carbonyl (C=O) groups excluding carboxylic acids is 1. The summed E-state index contributed by atoms with van der Waals surface area (Å²) in [5, 5.41) is 3.09. The van der Waals surface area contributed by atoms with Crippen LogP contribution < -0.4 is 5.32 Å². The van der Waals surface area contributed by atoms with Gasteiger partial charge in [0.25, 0.3) is 0 Å². The second kappa shape index (κ2) is 4.17. The maximum absolute atomic E-state index is 11.9. The fourth-order valence-corrected chi connectivity index (χ4v) is 3.66. The Kier molecular flexibility index (Phi) is 2.65. The fourth-order valence-electron chi connectivity index (χ4n) is 3.66. The standard InChI is InChI=1S/C13H19N3O/c1-9(12-7-10-2-3-11(12)6-10)15-13(17)16-5-4-14-8-16/h4-5,8-12H,2-3,6-7H2,1H3,(H,15,17). The van der Waals surface area contributed by atoms with Gasteiger partial charge in [-0.1, -0.05) is 6.42 Å². The third kappa shape index (κ3) is 1.96. The third-order valence-corrected chi connectivity index (χ3v) is 4.53. The van der Waals surface area contributed by atoms with E-state index in [9.17, 15) is 4.79 Å². The molecule has 0 radical (unpaired) electrons. The van der Waals surface area contributed by atoms with Crippen molar-refractivity contribution in [2.75, 3.05) is 0 Å². The number of hydrogen-bond donors (Lipinski definition) is 1. The lowest BCUT2D eigenvalue weighted by Crippen LogP contribution is -2.41. The van der Waals surface area contributed by atoms with Crippen LogP contribution in [-0.2, 0) is 0 Å². The number of aromatic nitrogens is 2. The number of rotatable bonds is 2. The fraction of sp³-hybridized carbons (Fsp3) is 0.692. The first-order valence-corrected chi connectivity index (χ1v) is 6.53. The molecule has 2 aliphatic carbocycles. The first kappa shape index (κ1) is 10.8. The van der Waals surface area contributed by atoms with Crippen LogP contribution in [0.3, 0.4) is 0 Å². The van der Waals surface area contributed by atoms with Crippen LogP contribution >= 0.6 is 0 Å². The van der Waals surface area contributed by atoms with E-state index in [4.69, 9.17) is 0 Å². The van der Waals surface area contributed by atoms with Gasteiger partial charge in [-0.15, -0.1) is 0 Å². The van der Waals surface area contributed by atoms with Gasteiger partial charge in [0.2, 0.25) is 0 Å². The molecule has 0 saturated heterocycles. The average molecular weight is 233 g/mol. The maximum Gasteiger partial charge on any atom is 0.327 e. The lowest BCUT2D eigenvalue weighted by Gasteiger charge is -2.28. The SMILES string of the molecule is CC(NC(=O)n1ccnc1)C1CC2CCC1C2. The summed E-state index contributed by atoms with van der Waals surface area (Å²) in [5.74, 6) is 2.46. The molecule has 2 fully saturated rings. The molecular formula is C13H19N3O. The van der Waals surface area contributed by atoms with Crippen molar-refractivity contribution in [2.45, 2.75) is 38.6 Å². The summed E-state index contributed by atoms with van der Waals surface area (Å²) in [6, 6.07) is 0.220. The van der Waals surface area contributed by atoms with Crippen LogP contribution in [0.5, 0.6) is 0 Å². The van der Waals surface area contributed by atoms with Gasteiger partial charge in [0, 0.05) is 18.4 Å². The highest BCUT2D eigenvalue weighted by molar-refractivity contribution is 5.76. The molecule has 1 aromatic heterocycles. The molecule has 17 heavy (non-hydrogen) atoms. The van der Waals surface area contributed by atoms with Gasteiger partial charge in [0.05, 0.1) is 0 Å². The van der Waals surface area contributed by atoms with E-state index in [1.807, 2.05) is 0 Å². The number of fused-ring (bicyclic) bond motifs is 2. The predicted molar refractivity (Wildman–Crippen MR) is 64.6 cm³/mol. The molecule has 0 spiro atoms. The summed E-state index contributed by atoms with van der Waals surface area (Å²) in [6.07, 6.45) is 10.3. The zero-order valence-electron chi connectivity index (χ0n) is 10.2. The van der Waals surface area contributed by atoms with Gasteiger partial charge in [0.15, 0.2) is 0 Å². The summed E-state index contributed by atoms with van der Waals surface area (Å²) in [5.41, 5.74) is 0. The predicted octanol–water partition coefficient (Wildman–Crippen LogP) is 2.27. The second-order valence-corrected chi connectivity index (χ2v) is 5.55. The number of nitrogens with one attached hydrogen (secondary N) is 1. The Morgan fingerprint density at radius 1 is 1.47 bits per heavy atom.